The van der Waals surface area contributed by atoms with Crippen molar-refractivity contribution >= 4 is 12.0 Å². The molecule has 0 unspecified atom stereocenters. The van der Waals surface area contributed by atoms with Crippen molar-refractivity contribution in [3.8, 4) is 0 Å². The molecule has 0 atom stereocenters. The van der Waals surface area contributed by atoms with Gasteiger partial charge in [-0.15, -0.1) is 0 Å². The molecule has 0 aliphatic heterocycles. The zero-order chi connectivity index (χ0) is 13.9. The van der Waals surface area contributed by atoms with E-state index in [0.29, 0.717) is 13.1 Å². The Morgan fingerprint density at radius 3 is 1.94 bits per heavy atom. The van der Waals surface area contributed by atoms with Gasteiger partial charge in [-0.2, -0.15) is 0 Å². The summed E-state index contributed by atoms with van der Waals surface area (Å²) in [5, 5.41) is 11.9. The third kappa shape index (κ3) is 4.63. The van der Waals surface area contributed by atoms with Gasteiger partial charge in [0.05, 0.1) is 0 Å². The van der Waals surface area contributed by atoms with E-state index in [1.54, 1.807) is 6.92 Å². The first-order valence-corrected chi connectivity index (χ1v) is 5.81. The molecule has 100 valence electrons. The molecular formula is C12H24N2O3. The largest absolute Gasteiger partial charge is 0.480 e. The van der Waals surface area contributed by atoms with Gasteiger partial charge in [0, 0.05) is 13.1 Å². The fraction of sp³-hybridized carbons (Fsp3) is 0.833. The predicted molar refractivity (Wildman–Crippen MR) is 66.9 cm³/mol. The summed E-state index contributed by atoms with van der Waals surface area (Å²) in [4.78, 5) is 24.3. The minimum absolute atomic E-state index is 0.0254. The first-order valence-electron chi connectivity index (χ1n) is 5.81. The third-order valence-electron chi connectivity index (χ3n) is 2.53. The standard InChI is InChI=1S/C12H24N2O3/c1-7-14(12(5,6)9(15)16)10(17)13-8-11(2,3)4/h7-8H2,1-6H3,(H,13,17)(H,15,16). The molecule has 0 fully saturated rings. The van der Waals surface area contributed by atoms with Gasteiger partial charge < -0.3 is 15.3 Å². The van der Waals surface area contributed by atoms with Gasteiger partial charge in [-0.25, -0.2) is 9.59 Å². The molecule has 0 aromatic rings. The van der Waals surface area contributed by atoms with E-state index in [9.17, 15) is 9.59 Å². The number of amides is 2. The van der Waals surface area contributed by atoms with E-state index < -0.39 is 11.5 Å². The summed E-state index contributed by atoms with van der Waals surface area (Å²) in [7, 11) is 0. The predicted octanol–water partition coefficient (Wildman–Crippen LogP) is 1.93. The molecule has 0 aromatic heterocycles. The lowest BCUT2D eigenvalue weighted by molar-refractivity contribution is -0.147. The molecule has 0 bridgehead atoms. The number of rotatable bonds is 4. The van der Waals surface area contributed by atoms with Gasteiger partial charge in [0.25, 0.3) is 0 Å². The van der Waals surface area contributed by atoms with E-state index in [-0.39, 0.29) is 11.4 Å². The summed E-state index contributed by atoms with van der Waals surface area (Å²) < 4.78 is 0. The zero-order valence-electron chi connectivity index (χ0n) is 11.6. The Balaban J connectivity index is 4.68. The molecule has 0 aromatic carbocycles. The Hall–Kier alpha value is -1.26. The van der Waals surface area contributed by atoms with Crippen LogP contribution in [0.4, 0.5) is 4.79 Å². The second kappa shape index (κ2) is 5.38. The van der Waals surface area contributed by atoms with Crippen LogP contribution in [0.1, 0.15) is 41.5 Å². The number of carboxylic acid groups (broad SMARTS) is 1. The van der Waals surface area contributed by atoms with Crippen molar-refractivity contribution in [3.05, 3.63) is 0 Å². The van der Waals surface area contributed by atoms with E-state index in [2.05, 4.69) is 5.32 Å². The number of likely N-dealkylation sites (N-methyl/N-ethyl adjacent to an activating group) is 1. The molecule has 5 nitrogen and oxygen atoms in total. The Labute approximate surface area is 103 Å². The fourth-order valence-electron chi connectivity index (χ4n) is 1.34. The number of urea groups is 1. The highest BCUT2D eigenvalue weighted by Crippen LogP contribution is 2.16. The number of carboxylic acids is 1. The summed E-state index contributed by atoms with van der Waals surface area (Å²) >= 11 is 0. The van der Waals surface area contributed by atoms with E-state index in [0.717, 1.165) is 0 Å². The molecule has 0 radical (unpaired) electrons. The minimum Gasteiger partial charge on any atom is -0.480 e. The van der Waals surface area contributed by atoms with Crippen LogP contribution < -0.4 is 5.32 Å². The minimum atomic E-state index is -1.20. The Bertz CT molecular complexity index is 293. The topological polar surface area (TPSA) is 69.6 Å². The average Bonchev–Trinajstić information content (AvgIpc) is 2.14. The monoisotopic (exact) mass is 244 g/mol. The SMILES string of the molecule is CCN(C(=O)NCC(C)(C)C)C(C)(C)C(=O)O. The van der Waals surface area contributed by atoms with Crippen LogP contribution in [0.3, 0.4) is 0 Å². The number of carbonyl (C=O) groups excluding carboxylic acids is 1. The second-order valence-electron chi connectivity index (χ2n) is 5.83. The Kier molecular flexibility index (Phi) is 4.98. The molecule has 0 aliphatic rings. The summed E-state index contributed by atoms with van der Waals surface area (Å²) in [6.07, 6.45) is 0. The van der Waals surface area contributed by atoms with E-state index in [1.807, 2.05) is 20.8 Å². The zero-order valence-corrected chi connectivity index (χ0v) is 11.6. The van der Waals surface area contributed by atoms with Crippen molar-refractivity contribution in [2.24, 2.45) is 5.41 Å². The van der Waals surface area contributed by atoms with Crippen LogP contribution in [0.15, 0.2) is 0 Å². The van der Waals surface area contributed by atoms with E-state index >= 15 is 0 Å². The van der Waals surface area contributed by atoms with Gasteiger partial charge >= 0.3 is 12.0 Å². The highest BCUT2D eigenvalue weighted by molar-refractivity contribution is 5.85. The molecule has 17 heavy (non-hydrogen) atoms. The molecule has 0 saturated heterocycles. The number of hydrogen-bond acceptors (Lipinski definition) is 2. The second-order valence-corrected chi connectivity index (χ2v) is 5.83. The van der Waals surface area contributed by atoms with Gasteiger partial charge in [-0.3, -0.25) is 0 Å². The number of hydrogen-bond donors (Lipinski definition) is 2. The molecule has 2 amide bonds. The maximum absolute atomic E-state index is 11.9. The average molecular weight is 244 g/mol. The van der Waals surface area contributed by atoms with Gasteiger partial charge in [0.1, 0.15) is 5.54 Å². The molecule has 0 aliphatic carbocycles. The molecule has 0 heterocycles. The van der Waals surface area contributed by atoms with Crippen LogP contribution in [0.25, 0.3) is 0 Å². The van der Waals surface area contributed by atoms with E-state index in [1.165, 1.54) is 18.7 Å². The maximum Gasteiger partial charge on any atom is 0.329 e. The summed E-state index contributed by atoms with van der Waals surface area (Å²) in [6, 6.07) is -0.338. The number of nitrogens with one attached hydrogen (secondary N) is 1. The number of aliphatic carboxylic acids is 1. The van der Waals surface area contributed by atoms with Crippen LogP contribution in [-0.2, 0) is 4.79 Å². The van der Waals surface area contributed by atoms with Crippen molar-refractivity contribution < 1.29 is 14.7 Å². The highest BCUT2D eigenvalue weighted by atomic mass is 16.4. The molecule has 5 heteroatoms. The van der Waals surface area contributed by atoms with Crippen molar-refractivity contribution in [2.45, 2.75) is 47.1 Å². The molecule has 0 spiro atoms. The van der Waals surface area contributed by atoms with Crippen LogP contribution in [0, 0.1) is 5.41 Å². The lowest BCUT2D eigenvalue weighted by Crippen LogP contribution is -2.56. The quantitative estimate of drug-likeness (QED) is 0.794. The van der Waals surface area contributed by atoms with Gasteiger partial charge in [0.2, 0.25) is 0 Å². The van der Waals surface area contributed by atoms with E-state index in [4.69, 9.17) is 5.11 Å². The molecular weight excluding hydrogens is 220 g/mol. The lowest BCUT2D eigenvalue weighted by atomic mass is 9.97. The van der Waals surface area contributed by atoms with Gasteiger partial charge in [0.15, 0.2) is 0 Å². The maximum atomic E-state index is 11.9. The van der Waals surface area contributed by atoms with Crippen molar-refractivity contribution in [2.75, 3.05) is 13.1 Å². The normalized spacial score (nSPS) is 12.1. The molecule has 0 rings (SSSR count). The fourth-order valence-corrected chi connectivity index (χ4v) is 1.34. The lowest BCUT2D eigenvalue weighted by Gasteiger charge is -2.35. The molecule has 0 saturated carbocycles. The summed E-state index contributed by atoms with van der Waals surface area (Å²) in [5.41, 5.74) is -1.22. The van der Waals surface area contributed by atoms with Crippen molar-refractivity contribution in [3.63, 3.8) is 0 Å². The first kappa shape index (κ1) is 15.7. The Morgan fingerprint density at radius 1 is 1.18 bits per heavy atom. The number of nitrogens with zero attached hydrogens (tertiary/aromatic N) is 1. The van der Waals surface area contributed by atoms with Crippen LogP contribution in [-0.4, -0.2) is 40.6 Å². The Morgan fingerprint density at radius 2 is 1.65 bits per heavy atom. The summed E-state index contributed by atoms with van der Waals surface area (Å²) in [6.45, 7) is 11.7. The summed E-state index contributed by atoms with van der Waals surface area (Å²) in [5.74, 6) is -1.01. The van der Waals surface area contributed by atoms with Crippen LogP contribution in [0.2, 0.25) is 0 Å². The van der Waals surface area contributed by atoms with Crippen LogP contribution >= 0.6 is 0 Å². The van der Waals surface area contributed by atoms with Crippen LogP contribution in [0.5, 0.6) is 0 Å². The highest BCUT2D eigenvalue weighted by Gasteiger charge is 2.37. The smallest absolute Gasteiger partial charge is 0.329 e. The number of carbonyl (C=O) groups is 2. The molecule has 2 N–H and O–H groups in total. The first-order chi connectivity index (χ1) is 7.52. The van der Waals surface area contributed by atoms with Crippen molar-refractivity contribution in [1.29, 1.82) is 0 Å². The van der Waals surface area contributed by atoms with Gasteiger partial charge in [-0.05, 0) is 26.2 Å². The van der Waals surface area contributed by atoms with Gasteiger partial charge in [-0.1, -0.05) is 20.8 Å². The third-order valence-corrected chi connectivity index (χ3v) is 2.53. The van der Waals surface area contributed by atoms with Crippen molar-refractivity contribution in [1.82, 2.24) is 10.2 Å².